The van der Waals surface area contributed by atoms with Gasteiger partial charge in [0.2, 0.25) is 0 Å². The summed E-state index contributed by atoms with van der Waals surface area (Å²) in [6.45, 7) is 4.46. The molecule has 0 spiro atoms. The Morgan fingerprint density at radius 3 is 1.82 bits per heavy atom. The SMILES string of the molecule is CCCCC[C@H]1CC[C@H](CCCCc2ccc(C(=O)Oc3ccc(CCC)cc3)cc2)CC1. The number of unbranched alkanes of at least 4 members (excludes halogenated alkanes) is 3. The predicted molar refractivity (Wildman–Crippen MR) is 139 cm³/mol. The number of hydrogen-bond donors (Lipinski definition) is 0. The van der Waals surface area contributed by atoms with Gasteiger partial charge in [0.25, 0.3) is 0 Å². The van der Waals surface area contributed by atoms with E-state index in [4.69, 9.17) is 4.74 Å². The lowest BCUT2D eigenvalue weighted by Gasteiger charge is -2.28. The van der Waals surface area contributed by atoms with Crippen molar-refractivity contribution >= 4 is 5.97 Å². The van der Waals surface area contributed by atoms with Crippen LogP contribution in [0.25, 0.3) is 0 Å². The lowest BCUT2D eigenvalue weighted by atomic mass is 9.78. The van der Waals surface area contributed by atoms with Crippen LogP contribution in [0.15, 0.2) is 48.5 Å². The highest BCUT2D eigenvalue weighted by molar-refractivity contribution is 5.91. The Bertz CT molecular complexity index is 798. The van der Waals surface area contributed by atoms with Crippen molar-refractivity contribution in [2.45, 2.75) is 104 Å². The van der Waals surface area contributed by atoms with E-state index in [9.17, 15) is 4.79 Å². The Morgan fingerprint density at radius 1 is 0.697 bits per heavy atom. The molecule has 2 nitrogen and oxygen atoms in total. The minimum absolute atomic E-state index is 0.282. The normalized spacial score (nSPS) is 18.2. The van der Waals surface area contributed by atoms with Gasteiger partial charge in [0.15, 0.2) is 0 Å². The minimum Gasteiger partial charge on any atom is -0.423 e. The van der Waals surface area contributed by atoms with Crippen LogP contribution in [0.1, 0.15) is 112 Å². The minimum atomic E-state index is -0.282. The molecule has 0 atom stereocenters. The van der Waals surface area contributed by atoms with Crippen molar-refractivity contribution in [3.8, 4) is 5.75 Å². The molecule has 0 amide bonds. The fourth-order valence-corrected chi connectivity index (χ4v) is 5.24. The molecule has 0 radical (unpaired) electrons. The maximum atomic E-state index is 12.4. The van der Waals surface area contributed by atoms with Crippen molar-refractivity contribution in [3.63, 3.8) is 0 Å². The van der Waals surface area contributed by atoms with Crippen LogP contribution in [0, 0.1) is 11.8 Å². The molecule has 0 saturated heterocycles. The number of esters is 1. The predicted octanol–water partition coefficient (Wildman–Crippen LogP) is 8.96. The van der Waals surface area contributed by atoms with Gasteiger partial charge in [-0.25, -0.2) is 4.79 Å². The Labute approximate surface area is 202 Å². The molecular formula is C31H44O2. The fourth-order valence-electron chi connectivity index (χ4n) is 5.24. The standard InChI is InChI=1S/C31H44O2/c1-3-5-6-10-26-13-15-27(16-14-26)11-7-8-12-28-17-21-29(22-18-28)31(32)33-30-23-19-25(9-4-2)20-24-30/h17-24,26-27H,3-16H2,1-2H3/t26-,27-. The van der Waals surface area contributed by atoms with Crippen LogP contribution >= 0.6 is 0 Å². The number of ether oxygens (including phenoxy) is 1. The van der Waals surface area contributed by atoms with Crippen LogP contribution < -0.4 is 4.74 Å². The highest BCUT2D eigenvalue weighted by Crippen LogP contribution is 2.34. The van der Waals surface area contributed by atoms with Crippen LogP contribution in [-0.2, 0) is 12.8 Å². The monoisotopic (exact) mass is 448 g/mol. The molecule has 2 aromatic carbocycles. The van der Waals surface area contributed by atoms with Gasteiger partial charge in [-0.05, 0) is 66.5 Å². The summed E-state index contributed by atoms with van der Waals surface area (Å²) in [7, 11) is 0. The van der Waals surface area contributed by atoms with Gasteiger partial charge in [0, 0.05) is 0 Å². The highest BCUT2D eigenvalue weighted by Gasteiger charge is 2.20. The van der Waals surface area contributed by atoms with Crippen molar-refractivity contribution in [1.82, 2.24) is 0 Å². The van der Waals surface area contributed by atoms with E-state index >= 15 is 0 Å². The quantitative estimate of drug-likeness (QED) is 0.174. The summed E-state index contributed by atoms with van der Waals surface area (Å²) in [6, 6.07) is 15.8. The van der Waals surface area contributed by atoms with E-state index in [0.717, 1.165) is 31.1 Å². The molecule has 2 heteroatoms. The summed E-state index contributed by atoms with van der Waals surface area (Å²) in [5.41, 5.74) is 3.21. The zero-order valence-electron chi connectivity index (χ0n) is 21.0. The number of benzene rings is 2. The van der Waals surface area contributed by atoms with E-state index in [0.29, 0.717) is 11.3 Å². The summed E-state index contributed by atoms with van der Waals surface area (Å²) in [5.74, 6) is 2.30. The van der Waals surface area contributed by atoms with Crippen molar-refractivity contribution in [2.24, 2.45) is 11.8 Å². The lowest BCUT2D eigenvalue weighted by Crippen LogP contribution is -2.14. The third-order valence-electron chi connectivity index (χ3n) is 7.37. The second-order valence-corrected chi connectivity index (χ2v) is 10.1. The van der Waals surface area contributed by atoms with Crippen LogP contribution in [-0.4, -0.2) is 5.97 Å². The summed E-state index contributed by atoms with van der Waals surface area (Å²) in [6.07, 6.45) is 18.7. The summed E-state index contributed by atoms with van der Waals surface area (Å²) in [5, 5.41) is 0. The maximum Gasteiger partial charge on any atom is 0.343 e. The first-order valence-corrected chi connectivity index (χ1v) is 13.6. The van der Waals surface area contributed by atoms with E-state index < -0.39 is 0 Å². The maximum absolute atomic E-state index is 12.4. The first kappa shape index (κ1) is 25.5. The number of carbonyl (C=O) groups excluding carboxylic acids is 1. The second kappa shape index (κ2) is 14.2. The molecule has 1 saturated carbocycles. The molecule has 1 fully saturated rings. The molecule has 1 aliphatic carbocycles. The Morgan fingerprint density at radius 2 is 1.24 bits per heavy atom. The number of rotatable bonds is 13. The van der Waals surface area contributed by atoms with Crippen LogP contribution in [0.2, 0.25) is 0 Å². The lowest BCUT2D eigenvalue weighted by molar-refractivity contribution is 0.0734. The number of aryl methyl sites for hydroxylation is 2. The smallest absolute Gasteiger partial charge is 0.343 e. The topological polar surface area (TPSA) is 26.3 Å². The molecule has 0 unspecified atom stereocenters. The molecule has 0 aliphatic heterocycles. The summed E-state index contributed by atoms with van der Waals surface area (Å²) in [4.78, 5) is 12.4. The Kier molecular flexibility index (Phi) is 11.0. The molecule has 2 aromatic rings. The molecule has 1 aliphatic rings. The second-order valence-electron chi connectivity index (χ2n) is 10.1. The zero-order valence-corrected chi connectivity index (χ0v) is 21.0. The van der Waals surface area contributed by atoms with Gasteiger partial charge in [0.1, 0.15) is 5.75 Å². The molecule has 0 N–H and O–H groups in total. The molecule has 0 bridgehead atoms. The van der Waals surface area contributed by atoms with Gasteiger partial charge in [-0.1, -0.05) is 109 Å². The molecule has 180 valence electrons. The van der Waals surface area contributed by atoms with Crippen LogP contribution in [0.4, 0.5) is 0 Å². The third-order valence-corrected chi connectivity index (χ3v) is 7.37. The van der Waals surface area contributed by atoms with Gasteiger partial charge in [-0.15, -0.1) is 0 Å². The van der Waals surface area contributed by atoms with Crippen molar-refractivity contribution in [2.75, 3.05) is 0 Å². The first-order chi connectivity index (χ1) is 16.2. The largest absolute Gasteiger partial charge is 0.423 e. The molecule has 0 aromatic heterocycles. The van der Waals surface area contributed by atoms with E-state index in [-0.39, 0.29) is 5.97 Å². The van der Waals surface area contributed by atoms with Gasteiger partial charge in [-0.2, -0.15) is 0 Å². The number of hydrogen-bond acceptors (Lipinski definition) is 2. The van der Waals surface area contributed by atoms with E-state index in [2.05, 4.69) is 26.0 Å². The summed E-state index contributed by atoms with van der Waals surface area (Å²) < 4.78 is 5.53. The summed E-state index contributed by atoms with van der Waals surface area (Å²) >= 11 is 0. The molecule has 3 rings (SSSR count). The van der Waals surface area contributed by atoms with E-state index in [1.807, 2.05) is 36.4 Å². The van der Waals surface area contributed by atoms with Crippen LogP contribution in [0.3, 0.4) is 0 Å². The van der Waals surface area contributed by atoms with Gasteiger partial charge in [-0.3, -0.25) is 0 Å². The van der Waals surface area contributed by atoms with Gasteiger partial charge < -0.3 is 4.74 Å². The fraction of sp³-hybridized carbons (Fsp3) is 0.581. The van der Waals surface area contributed by atoms with Gasteiger partial charge >= 0.3 is 5.97 Å². The molecule has 0 heterocycles. The highest BCUT2D eigenvalue weighted by atomic mass is 16.5. The zero-order chi connectivity index (χ0) is 23.3. The molecular weight excluding hydrogens is 404 g/mol. The van der Waals surface area contributed by atoms with Gasteiger partial charge in [0.05, 0.1) is 5.56 Å². The van der Waals surface area contributed by atoms with Crippen molar-refractivity contribution < 1.29 is 9.53 Å². The average molecular weight is 449 g/mol. The van der Waals surface area contributed by atoms with Crippen molar-refractivity contribution in [1.29, 1.82) is 0 Å². The molecule has 33 heavy (non-hydrogen) atoms. The Hall–Kier alpha value is -2.09. The first-order valence-electron chi connectivity index (χ1n) is 13.6. The van der Waals surface area contributed by atoms with Crippen molar-refractivity contribution in [3.05, 3.63) is 65.2 Å². The average Bonchev–Trinajstić information content (AvgIpc) is 2.85. The van der Waals surface area contributed by atoms with E-state index in [1.165, 1.54) is 81.8 Å². The van der Waals surface area contributed by atoms with Crippen LogP contribution in [0.5, 0.6) is 5.75 Å². The Balaban J connectivity index is 1.32. The third kappa shape index (κ3) is 8.99. The van der Waals surface area contributed by atoms with E-state index in [1.54, 1.807) is 0 Å². The number of carbonyl (C=O) groups is 1.